The van der Waals surface area contributed by atoms with Crippen molar-refractivity contribution in [2.24, 2.45) is 0 Å². The van der Waals surface area contributed by atoms with E-state index in [0.717, 1.165) is 122 Å². The molecular formula is C67H112N2O6P+. The fourth-order valence-electron chi connectivity index (χ4n) is 7.57. The van der Waals surface area contributed by atoms with E-state index in [2.05, 4.69) is 165 Å². The molecule has 3 unspecified atom stereocenters. The van der Waals surface area contributed by atoms with Gasteiger partial charge in [0, 0.05) is 6.42 Å². The molecule has 8 nitrogen and oxygen atoms in total. The van der Waals surface area contributed by atoms with Gasteiger partial charge in [-0.15, -0.1) is 0 Å². The predicted octanol–water partition coefficient (Wildman–Crippen LogP) is 18.6. The van der Waals surface area contributed by atoms with Gasteiger partial charge in [0.2, 0.25) is 5.91 Å². The van der Waals surface area contributed by atoms with Crippen LogP contribution in [-0.4, -0.2) is 73.4 Å². The molecule has 3 atom stereocenters. The Hall–Kier alpha value is -3.88. The molecule has 1 amide bonds. The molecule has 430 valence electrons. The summed E-state index contributed by atoms with van der Waals surface area (Å²) in [4.78, 5) is 23.2. The molecule has 76 heavy (non-hydrogen) atoms. The predicted molar refractivity (Wildman–Crippen MR) is 331 cm³/mol. The number of aliphatic hydroxyl groups is 1. The fraction of sp³-hybridized carbons (Fsp3) is 0.597. The summed E-state index contributed by atoms with van der Waals surface area (Å²) in [7, 11) is 1.52. The van der Waals surface area contributed by atoms with Gasteiger partial charge in [-0.05, 0) is 122 Å². The zero-order chi connectivity index (χ0) is 55.6. The molecule has 0 saturated heterocycles. The van der Waals surface area contributed by atoms with Gasteiger partial charge < -0.3 is 19.8 Å². The number of hydrogen-bond donors (Lipinski definition) is 3. The summed E-state index contributed by atoms with van der Waals surface area (Å²) in [5, 5.41) is 13.8. The lowest BCUT2D eigenvalue weighted by atomic mass is 10.0. The molecule has 0 fully saturated rings. The first-order valence-electron chi connectivity index (χ1n) is 29.9. The minimum atomic E-state index is -4.37. The summed E-state index contributed by atoms with van der Waals surface area (Å²) in [6.45, 7) is 4.61. The molecule has 3 N–H and O–H groups in total. The Bertz CT molecular complexity index is 1790. The lowest BCUT2D eigenvalue weighted by molar-refractivity contribution is -0.870. The number of quaternary nitrogens is 1. The van der Waals surface area contributed by atoms with Crippen molar-refractivity contribution in [2.75, 3.05) is 40.9 Å². The molecule has 0 rings (SSSR count). The molecular weight excluding hydrogens is 960 g/mol. The molecule has 0 aliphatic heterocycles. The summed E-state index contributed by atoms with van der Waals surface area (Å²) in [6, 6.07) is -0.882. The first-order chi connectivity index (χ1) is 37.0. The molecule has 9 heteroatoms. The number of carbonyl (C=O) groups is 1. The largest absolute Gasteiger partial charge is 0.472 e. The number of phosphoric acid groups is 1. The van der Waals surface area contributed by atoms with E-state index >= 15 is 0 Å². The summed E-state index contributed by atoms with van der Waals surface area (Å²) < 4.78 is 23.6. The van der Waals surface area contributed by atoms with E-state index in [1.807, 2.05) is 27.2 Å². The van der Waals surface area contributed by atoms with E-state index in [4.69, 9.17) is 9.05 Å². The number of aliphatic hydroxyl groups excluding tert-OH is 1. The summed E-state index contributed by atoms with van der Waals surface area (Å²) in [5.74, 6) is -0.204. The number of carbonyl (C=O) groups excluding carboxylic acids is 1. The van der Waals surface area contributed by atoms with Crippen LogP contribution in [0.5, 0.6) is 0 Å². The van der Waals surface area contributed by atoms with Crippen molar-refractivity contribution in [3.05, 3.63) is 158 Å². The SMILES string of the molecule is CC/C=C\C/C=C\C/C=C\C/C=C\C/C=C\C/C=C\C/C=C\C/C=C\C/C=C\C/C=C\CCCCCCCCCCCCC(=O)NC(COP(=O)(O)OCC[N+](C)(C)C)C(O)/C=C/CC/C=C/CC/C=C/CCCCC. The van der Waals surface area contributed by atoms with Gasteiger partial charge in [0.15, 0.2) is 0 Å². The second kappa shape index (κ2) is 55.9. The van der Waals surface area contributed by atoms with Crippen molar-refractivity contribution in [1.29, 1.82) is 0 Å². The van der Waals surface area contributed by atoms with Crippen molar-refractivity contribution in [1.82, 2.24) is 5.32 Å². The third-order valence-corrected chi connectivity index (χ3v) is 13.2. The molecule has 0 heterocycles. The van der Waals surface area contributed by atoms with Gasteiger partial charge in [0.25, 0.3) is 0 Å². The molecule has 0 radical (unpaired) electrons. The first kappa shape index (κ1) is 72.1. The highest BCUT2D eigenvalue weighted by Crippen LogP contribution is 2.43. The lowest BCUT2D eigenvalue weighted by Gasteiger charge is -2.25. The zero-order valence-electron chi connectivity index (χ0n) is 48.9. The Morgan fingerprint density at radius 2 is 0.803 bits per heavy atom. The Labute approximate surface area is 467 Å². The number of unbranched alkanes of at least 4 members (excludes halogenated alkanes) is 15. The highest BCUT2D eigenvalue weighted by molar-refractivity contribution is 7.47. The van der Waals surface area contributed by atoms with Crippen LogP contribution in [-0.2, 0) is 18.4 Å². The van der Waals surface area contributed by atoms with E-state index in [1.54, 1.807) is 6.08 Å². The standard InChI is InChI=1S/C67H111N2O6P/c1-6-8-10-12-14-16-18-20-21-22-23-24-25-26-27-28-29-30-31-32-33-34-35-36-37-38-39-40-41-42-43-44-45-46-47-49-51-53-55-57-59-61-67(71)68-65(64-75-76(72,73)74-63-62-69(3,4)5)66(70)60-58-56-54-52-50-48-19-17-15-13-11-9-7-2/h8,10,14-17,20-21,23-24,26-27,29-30,32-33,35-36,38-39,41-42,50,52,58,60,65-66,70H,6-7,9,11-13,18-19,22,25,28,31,34,37,40,43-49,51,53-57,59,61-64H2,1-5H3,(H-,68,71,72,73)/p+1/b10-8-,16-14-,17-15+,21-20-,24-23-,27-26-,30-29-,33-32-,36-35-,39-38-,42-41-,52-50+,60-58+. The molecule has 0 saturated carbocycles. The first-order valence-corrected chi connectivity index (χ1v) is 31.4. The molecule has 0 spiro atoms. The van der Waals surface area contributed by atoms with Gasteiger partial charge in [-0.1, -0.05) is 236 Å². The number of amides is 1. The highest BCUT2D eigenvalue weighted by Gasteiger charge is 2.27. The highest BCUT2D eigenvalue weighted by atomic mass is 31.2. The molecule has 0 aromatic heterocycles. The third-order valence-electron chi connectivity index (χ3n) is 12.2. The molecule has 0 bridgehead atoms. The normalized spacial score (nSPS) is 15.0. The number of nitrogens with one attached hydrogen (secondary N) is 1. The van der Waals surface area contributed by atoms with Gasteiger partial charge in [-0.2, -0.15) is 0 Å². The van der Waals surface area contributed by atoms with E-state index in [9.17, 15) is 19.4 Å². The maximum Gasteiger partial charge on any atom is 0.472 e. The number of rotatable bonds is 52. The van der Waals surface area contributed by atoms with Crippen molar-refractivity contribution >= 4 is 13.7 Å². The van der Waals surface area contributed by atoms with Gasteiger partial charge in [-0.25, -0.2) is 4.57 Å². The minimum absolute atomic E-state index is 0.0449. The lowest BCUT2D eigenvalue weighted by Crippen LogP contribution is -2.45. The van der Waals surface area contributed by atoms with Crippen LogP contribution in [0, 0.1) is 0 Å². The molecule has 0 aliphatic rings. The smallest absolute Gasteiger partial charge is 0.387 e. The summed E-state index contributed by atoms with van der Waals surface area (Å²) in [6.07, 6.45) is 87.9. The number of hydrogen-bond acceptors (Lipinski definition) is 5. The topological polar surface area (TPSA) is 105 Å². The van der Waals surface area contributed by atoms with Crippen molar-refractivity contribution in [2.45, 2.75) is 219 Å². The third kappa shape index (κ3) is 57.8. The van der Waals surface area contributed by atoms with Crippen LogP contribution in [0.3, 0.4) is 0 Å². The molecule has 0 aliphatic carbocycles. The van der Waals surface area contributed by atoms with Crippen LogP contribution in [0.2, 0.25) is 0 Å². The second-order valence-electron chi connectivity index (χ2n) is 20.6. The monoisotopic (exact) mass is 1070 g/mol. The Kier molecular flexibility index (Phi) is 53.0. The maximum absolute atomic E-state index is 13.0. The molecule has 0 aromatic carbocycles. The minimum Gasteiger partial charge on any atom is -0.387 e. The van der Waals surface area contributed by atoms with Crippen LogP contribution in [0.15, 0.2) is 158 Å². The van der Waals surface area contributed by atoms with Gasteiger partial charge in [0.05, 0.1) is 39.9 Å². The van der Waals surface area contributed by atoms with E-state index < -0.39 is 20.0 Å². The van der Waals surface area contributed by atoms with Crippen molar-refractivity contribution in [3.63, 3.8) is 0 Å². The van der Waals surface area contributed by atoms with E-state index in [-0.39, 0.29) is 19.1 Å². The van der Waals surface area contributed by atoms with Gasteiger partial charge >= 0.3 is 7.82 Å². The van der Waals surface area contributed by atoms with Crippen LogP contribution in [0.25, 0.3) is 0 Å². The van der Waals surface area contributed by atoms with Crippen LogP contribution < -0.4 is 5.32 Å². The van der Waals surface area contributed by atoms with E-state index in [0.29, 0.717) is 17.4 Å². The summed E-state index contributed by atoms with van der Waals surface area (Å²) in [5.41, 5.74) is 0. The number of allylic oxidation sites excluding steroid dienone is 25. The van der Waals surface area contributed by atoms with Crippen molar-refractivity contribution < 1.29 is 32.9 Å². The van der Waals surface area contributed by atoms with Gasteiger partial charge in [0.1, 0.15) is 13.2 Å². The van der Waals surface area contributed by atoms with Crippen LogP contribution in [0.1, 0.15) is 206 Å². The second-order valence-corrected chi connectivity index (χ2v) is 22.1. The Morgan fingerprint density at radius 3 is 1.21 bits per heavy atom. The fourth-order valence-corrected chi connectivity index (χ4v) is 8.31. The Morgan fingerprint density at radius 1 is 0.461 bits per heavy atom. The van der Waals surface area contributed by atoms with Crippen LogP contribution in [0.4, 0.5) is 0 Å². The molecule has 0 aromatic rings. The van der Waals surface area contributed by atoms with E-state index in [1.165, 1.54) is 64.2 Å². The average Bonchev–Trinajstić information content (AvgIpc) is 3.38. The number of phosphoric ester groups is 1. The number of nitrogens with zero attached hydrogens (tertiary/aromatic N) is 1. The average molecular weight is 1070 g/mol. The van der Waals surface area contributed by atoms with Gasteiger partial charge in [-0.3, -0.25) is 13.8 Å². The zero-order valence-corrected chi connectivity index (χ0v) is 49.8. The summed E-state index contributed by atoms with van der Waals surface area (Å²) >= 11 is 0. The maximum atomic E-state index is 13.0. The van der Waals surface area contributed by atoms with Crippen molar-refractivity contribution in [3.8, 4) is 0 Å². The number of likely N-dealkylation sites (N-methyl/N-ethyl adjacent to an activating group) is 1. The van der Waals surface area contributed by atoms with Crippen LogP contribution >= 0.6 is 7.82 Å². The quantitative estimate of drug-likeness (QED) is 0.0243. The Balaban J connectivity index is 4.11.